The molecule has 0 aliphatic rings. The molecule has 3 rings (SSSR count). The van der Waals surface area contributed by atoms with Gasteiger partial charge in [0.25, 0.3) is 0 Å². The first-order valence-corrected chi connectivity index (χ1v) is 6.63. The van der Waals surface area contributed by atoms with E-state index in [-0.39, 0.29) is 0 Å². The molecular weight excluding hydrogens is 230 g/mol. The molecule has 1 atom stereocenters. The van der Waals surface area contributed by atoms with Crippen molar-refractivity contribution < 1.29 is 0 Å². The minimum atomic E-state index is 0.339. The summed E-state index contributed by atoms with van der Waals surface area (Å²) in [5.74, 6) is 0. The Morgan fingerprint density at radius 1 is 0.737 bits per heavy atom. The van der Waals surface area contributed by atoms with E-state index < -0.39 is 0 Å². The van der Waals surface area contributed by atoms with E-state index in [2.05, 4.69) is 90.5 Å². The van der Waals surface area contributed by atoms with E-state index in [9.17, 15) is 0 Å². The summed E-state index contributed by atoms with van der Waals surface area (Å²) in [5, 5.41) is 0. The van der Waals surface area contributed by atoms with E-state index in [0.29, 0.717) is 6.04 Å². The van der Waals surface area contributed by atoms with Crippen molar-refractivity contribution in [2.75, 3.05) is 0 Å². The number of rotatable bonds is 3. The first-order valence-electron chi connectivity index (χ1n) is 6.63. The molecule has 0 spiro atoms. The van der Waals surface area contributed by atoms with Gasteiger partial charge in [-0.3, -0.25) is 0 Å². The second-order valence-corrected chi connectivity index (χ2v) is 4.75. The Labute approximate surface area is 114 Å². The van der Waals surface area contributed by atoms with E-state index in [1.54, 1.807) is 0 Å². The van der Waals surface area contributed by atoms with Crippen LogP contribution in [0, 0.1) is 0 Å². The van der Waals surface area contributed by atoms with Crippen LogP contribution in [0.4, 0.5) is 0 Å². The predicted molar refractivity (Wildman–Crippen MR) is 80.1 cm³/mol. The monoisotopic (exact) mass is 247 g/mol. The fourth-order valence-electron chi connectivity index (χ4n) is 2.48. The molecule has 0 fully saturated rings. The molecule has 94 valence electrons. The van der Waals surface area contributed by atoms with Crippen LogP contribution in [0.5, 0.6) is 0 Å². The van der Waals surface area contributed by atoms with Crippen LogP contribution in [0.15, 0.2) is 79.0 Å². The summed E-state index contributed by atoms with van der Waals surface area (Å²) >= 11 is 0. The quantitative estimate of drug-likeness (QED) is 0.628. The lowest BCUT2D eigenvalue weighted by molar-refractivity contribution is 0.649. The van der Waals surface area contributed by atoms with Crippen LogP contribution >= 0.6 is 0 Å². The Bertz CT molecular complexity index is 638. The maximum absolute atomic E-state index is 2.32. The van der Waals surface area contributed by atoms with Crippen LogP contribution in [0.2, 0.25) is 0 Å². The molecule has 0 N–H and O–H groups in total. The molecule has 2 aromatic carbocycles. The molecule has 0 saturated carbocycles. The lowest BCUT2D eigenvalue weighted by atomic mass is 10.1. The largest absolute Gasteiger partial charge is 0.340 e. The topological polar surface area (TPSA) is 4.93 Å². The van der Waals surface area contributed by atoms with Crippen molar-refractivity contribution in [2.45, 2.75) is 13.0 Å². The van der Waals surface area contributed by atoms with Crippen LogP contribution in [-0.2, 0) is 0 Å². The maximum Gasteiger partial charge on any atom is 0.0557 e. The lowest BCUT2D eigenvalue weighted by Gasteiger charge is -2.18. The average Bonchev–Trinajstić information content (AvgIpc) is 2.98. The third-order valence-electron chi connectivity index (χ3n) is 3.55. The summed E-state index contributed by atoms with van der Waals surface area (Å²) in [6, 6.07) is 25.8. The van der Waals surface area contributed by atoms with Gasteiger partial charge in [-0.1, -0.05) is 60.7 Å². The first-order chi connectivity index (χ1) is 9.36. The minimum Gasteiger partial charge on any atom is -0.340 e. The lowest BCUT2D eigenvalue weighted by Crippen LogP contribution is -2.06. The van der Waals surface area contributed by atoms with Crippen molar-refractivity contribution in [3.63, 3.8) is 0 Å². The number of benzene rings is 2. The number of nitrogens with zero attached hydrogens (tertiary/aromatic N) is 1. The van der Waals surface area contributed by atoms with Gasteiger partial charge in [-0.05, 0) is 30.2 Å². The van der Waals surface area contributed by atoms with Crippen LogP contribution < -0.4 is 0 Å². The zero-order valence-corrected chi connectivity index (χ0v) is 11.0. The predicted octanol–water partition coefficient (Wildman–Crippen LogP) is 4.76. The normalized spacial score (nSPS) is 12.3. The van der Waals surface area contributed by atoms with Crippen LogP contribution in [0.3, 0.4) is 0 Å². The molecule has 0 aliphatic carbocycles. The molecule has 1 heteroatoms. The van der Waals surface area contributed by atoms with E-state index in [0.717, 1.165) is 0 Å². The maximum atomic E-state index is 2.32. The van der Waals surface area contributed by atoms with Gasteiger partial charge < -0.3 is 4.57 Å². The van der Waals surface area contributed by atoms with Gasteiger partial charge in [-0.2, -0.15) is 0 Å². The third kappa shape index (κ3) is 2.32. The highest BCUT2D eigenvalue weighted by atomic mass is 15.0. The van der Waals surface area contributed by atoms with Crippen molar-refractivity contribution in [2.24, 2.45) is 0 Å². The molecule has 1 heterocycles. The van der Waals surface area contributed by atoms with Crippen molar-refractivity contribution in [3.8, 4) is 11.3 Å². The molecule has 1 nitrogen and oxygen atoms in total. The van der Waals surface area contributed by atoms with Gasteiger partial charge in [0.05, 0.1) is 6.04 Å². The minimum absolute atomic E-state index is 0.339. The molecule has 19 heavy (non-hydrogen) atoms. The Morgan fingerprint density at radius 3 is 2.05 bits per heavy atom. The Morgan fingerprint density at radius 2 is 1.37 bits per heavy atom. The highest BCUT2D eigenvalue weighted by Crippen LogP contribution is 2.26. The molecular formula is C18H17N. The van der Waals surface area contributed by atoms with Crippen LogP contribution in [0.25, 0.3) is 11.3 Å². The highest BCUT2D eigenvalue weighted by Gasteiger charge is 2.11. The molecule has 0 amide bonds. The summed E-state index contributed by atoms with van der Waals surface area (Å²) in [7, 11) is 0. The summed E-state index contributed by atoms with van der Waals surface area (Å²) in [5.41, 5.74) is 3.85. The fourth-order valence-corrected chi connectivity index (χ4v) is 2.48. The molecule has 0 bridgehead atoms. The molecule has 0 aliphatic heterocycles. The van der Waals surface area contributed by atoms with Crippen molar-refractivity contribution in [1.82, 2.24) is 4.57 Å². The van der Waals surface area contributed by atoms with Gasteiger partial charge in [0.2, 0.25) is 0 Å². The molecule has 0 saturated heterocycles. The summed E-state index contributed by atoms with van der Waals surface area (Å²) in [6.45, 7) is 2.24. The van der Waals surface area contributed by atoms with Gasteiger partial charge >= 0.3 is 0 Å². The van der Waals surface area contributed by atoms with Crippen molar-refractivity contribution in [3.05, 3.63) is 84.6 Å². The smallest absolute Gasteiger partial charge is 0.0557 e. The zero-order chi connectivity index (χ0) is 13.1. The third-order valence-corrected chi connectivity index (χ3v) is 3.55. The summed E-state index contributed by atoms with van der Waals surface area (Å²) in [6.07, 6.45) is 2.15. The van der Waals surface area contributed by atoms with E-state index in [4.69, 9.17) is 0 Å². The van der Waals surface area contributed by atoms with Gasteiger partial charge in [-0.25, -0.2) is 0 Å². The summed E-state index contributed by atoms with van der Waals surface area (Å²) in [4.78, 5) is 0. The van der Waals surface area contributed by atoms with E-state index in [1.807, 2.05) is 0 Å². The number of hydrogen-bond acceptors (Lipinski definition) is 0. The standard InChI is InChI=1S/C18H17N/c1-15(16-9-4-2-5-10-16)19-14-8-13-18(19)17-11-6-3-7-12-17/h2-15H,1H3/t15-/m1/s1. The van der Waals surface area contributed by atoms with E-state index >= 15 is 0 Å². The Kier molecular flexibility index (Phi) is 3.20. The van der Waals surface area contributed by atoms with E-state index in [1.165, 1.54) is 16.8 Å². The van der Waals surface area contributed by atoms with Gasteiger partial charge in [0.1, 0.15) is 0 Å². The SMILES string of the molecule is C[C@H](c1ccccc1)n1cccc1-c1ccccc1. The second-order valence-electron chi connectivity index (χ2n) is 4.75. The van der Waals surface area contributed by atoms with Crippen LogP contribution in [-0.4, -0.2) is 4.57 Å². The molecule has 3 aromatic rings. The van der Waals surface area contributed by atoms with Gasteiger partial charge in [-0.15, -0.1) is 0 Å². The number of aromatic nitrogens is 1. The second kappa shape index (κ2) is 5.15. The average molecular weight is 247 g/mol. The molecule has 1 aromatic heterocycles. The zero-order valence-electron chi connectivity index (χ0n) is 11.0. The first kappa shape index (κ1) is 11.8. The fraction of sp³-hybridized carbons (Fsp3) is 0.111. The van der Waals surface area contributed by atoms with Crippen molar-refractivity contribution >= 4 is 0 Å². The summed E-state index contributed by atoms with van der Waals surface area (Å²) < 4.78 is 2.32. The van der Waals surface area contributed by atoms with Crippen molar-refractivity contribution in [1.29, 1.82) is 0 Å². The molecule has 0 radical (unpaired) electrons. The number of hydrogen-bond donors (Lipinski definition) is 0. The van der Waals surface area contributed by atoms with Gasteiger partial charge in [0, 0.05) is 11.9 Å². The highest BCUT2D eigenvalue weighted by molar-refractivity contribution is 5.60. The Hall–Kier alpha value is -2.28. The Balaban J connectivity index is 2.01. The molecule has 0 unspecified atom stereocenters. The van der Waals surface area contributed by atoms with Gasteiger partial charge in [0.15, 0.2) is 0 Å². The van der Waals surface area contributed by atoms with Crippen LogP contribution in [0.1, 0.15) is 18.5 Å².